The lowest BCUT2D eigenvalue weighted by Crippen LogP contribution is -2.30. The minimum Gasteiger partial charge on any atom is -0.481 e. The first-order chi connectivity index (χ1) is 9.29. The van der Waals surface area contributed by atoms with Gasteiger partial charge in [-0.3, -0.25) is 4.79 Å². The van der Waals surface area contributed by atoms with E-state index in [4.69, 9.17) is 11.6 Å². The largest absolute Gasteiger partial charge is 0.481 e. The third-order valence-corrected chi connectivity index (χ3v) is 3.45. The smallest absolute Gasteiger partial charge is 0.310 e. The highest BCUT2D eigenvalue weighted by Gasteiger charge is 2.29. The van der Waals surface area contributed by atoms with E-state index in [1.54, 1.807) is 26.0 Å². The maximum absolute atomic E-state index is 11.2. The van der Waals surface area contributed by atoms with Crippen LogP contribution in [0.4, 0.5) is 0 Å². The molecule has 2 rings (SSSR count). The van der Waals surface area contributed by atoms with Crippen molar-refractivity contribution < 1.29 is 9.90 Å². The van der Waals surface area contributed by atoms with Crippen LogP contribution in [0.2, 0.25) is 5.02 Å². The number of halogens is 2. The molecule has 8 heteroatoms. The van der Waals surface area contributed by atoms with E-state index in [-0.39, 0.29) is 6.54 Å². The molecule has 0 saturated carbocycles. The molecule has 0 aliphatic rings. The molecule has 1 N–H and O–H groups in total. The summed E-state index contributed by atoms with van der Waals surface area (Å²) in [6.07, 6.45) is 0. The molecule has 6 nitrogen and oxygen atoms in total. The van der Waals surface area contributed by atoms with Crippen LogP contribution in [0.25, 0.3) is 11.4 Å². The first-order valence-corrected chi connectivity index (χ1v) is 6.93. The third-order valence-electron chi connectivity index (χ3n) is 2.78. The van der Waals surface area contributed by atoms with Gasteiger partial charge in [-0.1, -0.05) is 27.5 Å². The number of carboxylic acid groups (broad SMARTS) is 1. The predicted molar refractivity (Wildman–Crippen MR) is 77.4 cm³/mol. The van der Waals surface area contributed by atoms with Gasteiger partial charge in [-0.15, -0.1) is 5.10 Å². The number of aromatic nitrogens is 4. The van der Waals surface area contributed by atoms with Crippen molar-refractivity contribution in [3.8, 4) is 11.4 Å². The number of aliphatic carboxylic acids is 1. The summed E-state index contributed by atoms with van der Waals surface area (Å²) in [5.41, 5.74) is -0.254. The summed E-state index contributed by atoms with van der Waals surface area (Å²) in [4.78, 5) is 11.2. The van der Waals surface area contributed by atoms with Crippen molar-refractivity contribution in [2.45, 2.75) is 20.4 Å². The molecule has 0 atom stereocenters. The van der Waals surface area contributed by atoms with Crippen LogP contribution in [0.5, 0.6) is 0 Å². The Morgan fingerprint density at radius 2 is 2.15 bits per heavy atom. The lowest BCUT2D eigenvalue weighted by molar-refractivity contribution is -0.147. The minimum atomic E-state index is -0.972. The Kier molecular flexibility index (Phi) is 4.10. The summed E-state index contributed by atoms with van der Waals surface area (Å²) < 4.78 is 2.26. The lowest BCUT2D eigenvalue weighted by Gasteiger charge is -2.19. The quantitative estimate of drug-likeness (QED) is 0.908. The van der Waals surface area contributed by atoms with Gasteiger partial charge in [0.15, 0.2) is 5.82 Å². The summed E-state index contributed by atoms with van der Waals surface area (Å²) in [6.45, 7) is 3.40. The van der Waals surface area contributed by atoms with Crippen molar-refractivity contribution in [3.05, 3.63) is 27.7 Å². The van der Waals surface area contributed by atoms with E-state index in [2.05, 4.69) is 31.5 Å². The number of carboxylic acids is 1. The Morgan fingerprint density at radius 1 is 1.45 bits per heavy atom. The van der Waals surface area contributed by atoms with Gasteiger partial charge in [0, 0.05) is 15.1 Å². The highest BCUT2D eigenvalue weighted by atomic mass is 79.9. The average Bonchev–Trinajstić information content (AvgIpc) is 2.74. The normalized spacial score (nSPS) is 11.6. The number of hydrogen-bond donors (Lipinski definition) is 1. The fraction of sp³-hybridized carbons (Fsp3) is 0.333. The van der Waals surface area contributed by atoms with Crippen LogP contribution >= 0.6 is 27.5 Å². The maximum Gasteiger partial charge on any atom is 0.310 e. The van der Waals surface area contributed by atoms with Crippen LogP contribution in [-0.4, -0.2) is 31.3 Å². The highest BCUT2D eigenvalue weighted by Crippen LogP contribution is 2.27. The van der Waals surface area contributed by atoms with Crippen molar-refractivity contribution in [1.29, 1.82) is 0 Å². The predicted octanol–water partition coefficient (Wildman–Crippen LogP) is 2.87. The molecule has 0 amide bonds. The summed E-state index contributed by atoms with van der Waals surface area (Å²) in [6, 6.07) is 5.30. The molecule has 2 aromatic rings. The Hall–Kier alpha value is -1.47. The van der Waals surface area contributed by atoms with Gasteiger partial charge in [-0.2, -0.15) is 0 Å². The van der Waals surface area contributed by atoms with E-state index in [0.29, 0.717) is 10.8 Å². The van der Waals surface area contributed by atoms with Crippen molar-refractivity contribution in [2.24, 2.45) is 5.41 Å². The molecule has 0 bridgehead atoms. The summed E-state index contributed by atoms with van der Waals surface area (Å²) in [5, 5.41) is 21.1. The SMILES string of the molecule is CC(C)(Cn1nnnc1-c1cc(Cl)cc(Br)c1)C(=O)O. The molecule has 0 unspecified atom stereocenters. The monoisotopic (exact) mass is 358 g/mol. The molecule has 0 aliphatic heterocycles. The number of carbonyl (C=O) groups is 1. The summed E-state index contributed by atoms with van der Waals surface area (Å²) in [5.74, 6) is -0.436. The standard InChI is InChI=1S/C12H12BrClN4O2/c1-12(2,11(19)20)6-18-10(15-16-17-18)7-3-8(13)5-9(14)4-7/h3-5H,6H2,1-2H3,(H,19,20). The van der Waals surface area contributed by atoms with Gasteiger partial charge in [0.2, 0.25) is 0 Å². The second-order valence-electron chi connectivity index (χ2n) is 5.01. The van der Waals surface area contributed by atoms with Crippen molar-refractivity contribution in [2.75, 3.05) is 0 Å². The van der Waals surface area contributed by atoms with Gasteiger partial charge in [-0.05, 0) is 42.5 Å². The molecule has 0 spiro atoms. The van der Waals surface area contributed by atoms with Gasteiger partial charge in [-0.25, -0.2) is 4.68 Å². The van der Waals surface area contributed by atoms with Crippen LogP contribution in [-0.2, 0) is 11.3 Å². The van der Waals surface area contributed by atoms with E-state index in [0.717, 1.165) is 10.0 Å². The molecule has 0 fully saturated rings. The number of benzene rings is 1. The molecule has 106 valence electrons. The molecular weight excluding hydrogens is 348 g/mol. The van der Waals surface area contributed by atoms with Crippen LogP contribution in [0, 0.1) is 5.41 Å². The fourth-order valence-electron chi connectivity index (χ4n) is 1.64. The Labute approximate surface area is 128 Å². The van der Waals surface area contributed by atoms with Crippen LogP contribution in [0.3, 0.4) is 0 Å². The lowest BCUT2D eigenvalue weighted by atomic mass is 9.94. The maximum atomic E-state index is 11.2. The number of rotatable bonds is 4. The van der Waals surface area contributed by atoms with Gasteiger partial charge in [0.1, 0.15) is 0 Å². The second-order valence-corrected chi connectivity index (χ2v) is 6.36. The van der Waals surface area contributed by atoms with Crippen LogP contribution < -0.4 is 0 Å². The van der Waals surface area contributed by atoms with E-state index in [9.17, 15) is 9.90 Å². The van der Waals surface area contributed by atoms with Crippen molar-refractivity contribution in [3.63, 3.8) is 0 Å². The number of nitrogens with zero attached hydrogens (tertiary/aromatic N) is 4. The van der Waals surface area contributed by atoms with Gasteiger partial charge in [0.25, 0.3) is 0 Å². The molecular formula is C12H12BrClN4O2. The van der Waals surface area contributed by atoms with Gasteiger partial charge in [0.05, 0.1) is 12.0 Å². The van der Waals surface area contributed by atoms with Crippen LogP contribution in [0.1, 0.15) is 13.8 Å². The topological polar surface area (TPSA) is 80.9 Å². The summed E-state index contributed by atoms with van der Waals surface area (Å²) in [7, 11) is 0. The molecule has 0 aliphatic carbocycles. The third kappa shape index (κ3) is 3.16. The highest BCUT2D eigenvalue weighted by molar-refractivity contribution is 9.10. The molecule has 0 radical (unpaired) electrons. The van der Waals surface area contributed by atoms with Crippen LogP contribution in [0.15, 0.2) is 22.7 Å². The van der Waals surface area contributed by atoms with E-state index in [1.807, 2.05) is 6.07 Å². The molecule has 1 aromatic heterocycles. The molecule has 0 saturated heterocycles. The molecule has 20 heavy (non-hydrogen) atoms. The Bertz CT molecular complexity index is 636. The van der Waals surface area contributed by atoms with Gasteiger partial charge >= 0.3 is 5.97 Å². The first-order valence-electron chi connectivity index (χ1n) is 5.75. The molecule has 1 heterocycles. The van der Waals surface area contributed by atoms with E-state index >= 15 is 0 Å². The van der Waals surface area contributed by atoms with E-state index in [1.165, 1.54) is 4.68 Å². The zero-order valence-corrected chi connectivity index (χ0v) is 13.2. The first kappa shape index (κ1) is 14.9. The average molecular weight is 360 g/mol. The second kappa shape index (κ2) is 5.49. The zero-order valence-electron chi connectivity index (χ0n) is 10.8. The zero-order chi connectivity index (χ0) is 14.9. The fourth-order valence-corrected chi connectivity index (χ4v) is 2.50. The Balaban J connectivity index is 2.40. The number of hydrogen-bond acceptors (Lipinski definition) is 4. The van der Waals surface area contributed by atoms with Crippen molar-refractivity contribution >= 4 is 33.5 Å². The number of tetrazole rings is 1. The van der Waals surface area contributed by atoms with Gasteiger partial charge < -0.3 is 5.11 Å². The minimum absolute atomic E-state index is 0.162. The van der Waals surface area contributed by atoms with Crippen molar-refractivity contribution in [1.82, 2.24) is 20.2 Å². The Morgan fingerprint density at radius 3 is 2.75 bits per heavy atom. The summed E-state index contributed by atoms with van der Waals surface area (Å²) >= 11 is 9.35. The molecule has 1 aromatic carbocycles. The van der Waals surface area contributed by atoms with E-state index < -0.39 is 11.4 Å².